The van der Waals surface area contributed by atoms with Gasteiger partial charge in [0, 0.05) is 118 Å². The molecule has 15 aromatic rings. The van der Waals surface area contributed by atoms with E-state index in [-0.39, 0.29) is 69.6 Å². The fraction of sp³-hybridized carbons (Fsp3) is 0.330. The lowest BCUT2D eigenvalue weighted by atomic mass is 9.89. The summed E-state index contributed by atoms with van der Waals surface area (Å²) in [7, 11) is 9.15. The minimum absolute atomic E-state index is 0.128. The van der Waals surface area contributed by atoms with E-state index in [4.69, 9.17) is 16.3 Å². The van der Waals surface area contributed by atoms with Crippen molar-refractivity contribution in [3.63, 3.8) is 0 Å². The summed E-state index contributed by atoms with van der Waals surface area (Å²) in [5.41, 5.74) is -0.0290. The van der Waals surface area contributed by atoms with Gasteiger partial charge in [-0.2, -0.15) is 110 Å². The van der Waals surface area contributed by atoms with Gasteiger partial charge in [0.1, 0.15) is 68.3 Å². The second kappa shape index (κ2) is 48.9. The van der Waals surface area contributed by atoms with E-state index in [1.54, 1.807) is 126 Å². The molecule has 0 radical (unpaired) electrons. The number of aryl methyl sites for hydroxylation is 7. The van der Waals surface area contributed by atoms with E-state index in [9.17, 15) is 108 Å². The Hall–Kier alpha value is -13.1. The summed E-state index contributed by atoms with van der Waals surface area (Å²) >= 11 is 12.6. The Morgan fingerprint density at radius 1 is 0.399 bits per heavy atom. The van der Waals surface area contributed by atoms with E-state index < -0.39 is 71.2 Å². The molecule has 3 N–H and O–H groups in total. The van der Waals surface area contributed by atoms with Crippen molar-refractivity contribution >= 4 is 121 Å². The summed E-state index contributed by atoms with van der Waals surface area (Å²) in [6, 6.07) is 43.5. The third-order valence-corrected chi connectivity index (χ3v) is 29.3. The molecule has 2 aromatic carbocycles. The van der Waals surface area contributed by atoms with E-state index in [1.807, 2.05) is 57.2 Å². The lowest BCUT2D eigenvalue weighted by molar-refractivity contribution is -0.144. The smallest absolute Gasteiger partial charge is 0.378 e. The lowest BCUT2D eigenvalue weighted by Gasteiger charge is -2.26. The molecule has 2 aliphatic rings. The SMILES string of the molecule is CCCNC(=O)c1ccc(-c2cc(C(F)(F)F)n(C)n2)s1.CCN(Cc1ccncc1)C(=O)c1ccc(-c2cc(C(F)(F)F)n(C)n2)s1.Cc1ccc(N(C)C(=O)c2ccc(-c3cc(C(F)(F)F)n(C)n3)s2)cc1.Cn1nc(-c2ccc(C(=O)N3CCOCC3)s2)cc1C(F)(F)F.Cn1nc(-c2ccc(C(=O)NCC3CCCCC3)s2)cc1C(F)(F)F.Cn1nc(-c2ccc(C(=O)NCc3ccc(Cl)cc3)s2)cc1C(F)(F)F. The highest BCUT2D eigenvalue weighted by atomic mass is 35.5. The van der Waals surface area contributed by atoms with Crippen LogP contribution in [0.3, 0.4) is 0 Å². The average molecular weight is 2210 g/mol. The van der Waals surface area contributed by atoms with E-state index in [0.717, 1.165) is 174 Å². The first-order valence-electron chi connectivity index (χ1n) is 45.0. The zero-order valence-corrected chi connectivity index (χ0v) is 85.8. The van der Waals surface area contributed by atoms with Crippen LogP contribution in [0.1, 0.15) is 161 Å². The highest BCUT2D eigenvalue weighted by Crippen LogP contribution is 2.43. The van der Waals surface area contributed by atoms with E-state index in [1.165, 1.54) is 66.4 Å². The number of morpholine rings is 1. The molecule has 0 unspecified atom stereocenters. The van der Waals surface area contributed by atoms with Gasteiger partial charge in [0.15, 0.2) is 0 Å². The molecule has 2 fully saturated rings. The van der Waals surface area contributed by atoms with Gasteiger partial charge in [-0.15, -0.1) is 68.0 Å². The minimum Gasteiger partial charge on any atom is -0.378 e. The van der Waals surface area contributed by atoms with Crippen LogP contribution in [0, 0.1) is 12.8 Å². The molecule has 1 saturated heterocycles. The van der Waals surface area contributed by atoms with Gasteiger partial charge in [-0.3, -0.25) is 61.8 Å². The van der Waals surface area contributed by atoms with Crippen LogP contribution in [0.2, 0.25) is 5.02 Å². The van der Waals surface area contributed by atoms with Crippen molar-refractivity contribution in [1.82, 2.24) is 89.4 Å². The van der Waals surface area contributed by atoms with Gasteiger partial charge >= 0.3 is 37.1 Å². The maximum Gasteiger partial charge on any atom is 0.433 e. The molecule has 1 saturated carbocycles. The van der Waals surface area contributed by atoms with Gasteiger partial charge in [0.25, 0.3) is 35.4 Å². The Morgan fingerprint density at radius 2 is 0.723 bits per heavy atom. The molecule has 788 valence electrons. The number of hydrogen-bond acceptors (Lipinski definition) is 20. The summed E-state index contributed by atoms with van der Waals surface area (Å²) in [6.07, 6.45) is -16.6. The summed E-state index contributed by atoms with van der Waals surface area (Å²) in [6.45, 7) is 10.3. The molecule has 51 heteroatoms. The normalized spacial score (nSPS) is 13.0. The zero-order chi connectivity index (χ0) is 108. The molecule has 17 rings (SSSR count). The first kappa shape index (κ1) is 114. The van der Waals surface area contributed by atoms with Crippen LogP contribution >= 0.6 is 79.6 Å². The van der Waals surface area contributed by atoms with E-state index >= 15 is 0 Å². The van der Waals surface area contributed by atoms with Crippen LogP contribution in [0.5, 0.6) is 0 Å². The number of nitrogens with zero attached hydrogens (tertiary/aromatic N) is 16. The predicted molar refractivity (Wildman–Crippen MR) is 529 cm³/mol. The Labute approximate surface area is 863 Å². The quantitative estimate of drug-likeness (QED) is 0.0532. The van der Waals surface area contributed by atoms with Crippen molar-refractivity contribution in [3.8, 4) is 63.4 Å². The summed E-state index contributed by atoms with van der Waals surface area (Å²) in [5.74, 6) is -0.689. The first-order valence-corrected chi connectivity index (χ1v) is 50.3. The van der Waals surface area contributed by atoms with Crippen LogP contribution in [-0.4, -0.2) is 162 Å². The zero-order valence-electron chi connectivity index (χ0n) is 80.1. The molecule has 0 bridgehead atoms. The first-order chi connectivity index (χ1) is 69.7. The van der Waals surface area contributed by atoms with Crippen LogP contribution in [0.15, 0.2) is 182 Å². The summed E-state index contributed by atoms with van der Waals surface area (Å²) in [5, 5.41) is 32.4. The van der Waals surface area contributed by atoms with Gasteiger partial charge in [-0.05, 0) is 196 Å². The maximum atomic E-state index is 12.9. The van der Waals surface area contributed by atoms with Crippen molar-refractivity contribution < 1.29 is 113 Å². The van der Waals surface area contributed by atoms with E-state index in [0.29, 0.717) is 128 Å². The Balaban J connectivity index is 0.000000158. The molecule has 0 atom stereocenters. The standard InChI is InChI=1S/C18H17F3N4OS.C18H16F3N3OS.C17H13ClF3N3OS.C17H20F3N3OS.C14H14F3N3O2S.C13H14F3N3OS/c1-3-25(11-12-6-8-22-9-7-12)17(26)15-5-4-14(27-15)13-10-16(18(19,20)21)24(2)23-13;1-11-4-6-12(7-5-11)23(2)17(25)15-9-8-14(26-15)13-10-16(18(19,20)21)24(3)22-13;1-24-15(17(19,20)21)8-12(23-24)13-6-7-14(26-13)16(25)22-9-10-2-4-11(18)5-3-10;1-23-15(17(18,19)20)9-12(22-23)13-7-8-14(25-13)16(24)21-10-11-5-3-2-4-6-11;1-19-12(14(15,16)17)8-9(18-19)10-2-3-11(23-10)13(21)20-4-6-22-7-5-20;1-3-6-17-12(20)10-5-4-9(21-10)8-7-11(13(14,15)16)19(2)18-8/h4-10H,3,11H2,1-2H3;4-10H,1-3H3;2-8H,9H2,1H3,(H,22,25);7-9,11H,2-6,10H2,1H3,(H,21,24);2-3,8H,4-7H2,1H3;4-5,7H,3,6H2,1-2H3,(H,17,20). The van der Waals surface area contributed by atoms with Crippen molar-refractivity contribution in [2.45, 2.75) is 109 Å². The molecule has 148 heavy (non-hydrogen) atoms. The number of amides is 6. The number of hydrogen-bond donors (Lipinski definition) is 3. The molecular weight excluding hydrogens is 2110 g/mol. The molecule has 13 aromatic heterocycles. The third kappa shape index (κ3) is 30.1. The Bertz CT molecular complexity index is 7040. The van der Waals surface area contributed by atoms with Gasteiger partial charge in [-0.25, -0.2) is 0 Å². The van der Waals surface area contributed by atoms with E-state index in [2.05, 4.69) is 51.5 Å². The van der Waals surface area contributed by atoms with Crippen LogP contribution in [-0.2, 0) is 97.2 Å². The van der Waals surface area contributed by atoms with Crippen LogP contribution in [0.4, 0.5) is 84.7 Å². The van der Waals surface area contributed by atoms with Gasteiger partial charge in [-0.1, -0.05) is 67.6 Å². The second-order valence-corrected chi connectivity index (χ2v) is 40.2. The Kier molecular flexibility index (Phi) is 37.5. The number of aromatic nitrogens is 13. The number of anilines is 1. The van der Waals surface area contributed by atoms with Crippen molar-refractivity contribution in [1.29, 1.82) is 0 Å². The van der Waals surface area contributed by atoms with Crippen LogP contribution in [0.25, 0.3) is 63.4 Å². The highest BCUT2D eigenvalue weighted by molar-refractivity contribution is 7.19. The number of carbonyl (C=O) groups is 6. The van der Waals surface area contributed by atoms with Crippen molar-refractivity contribution in [3.05, 3.63) is 267 Å². The number of halogens is 19. The Morgan fingerprint density at radius 3 is 1.07 bits per heavy atom. The number of rotatable bonds is 22. The summed E-state index contributed by atoms with van der Waals surface area (Å²) < 4.78 is 241. The van der Waals surface area contributed by atoms with Crippen LogP contribution < -0.4 is 20.9 Å². The lowest BCUT2D eigenvalue weighted by Crippen LogP contribution is -2.40. The minimum atomic E-state index is -4.48. The number of ether oxygens (including phenoxy) is 1. The third-order valence-electron chi connectivity index (χ3n) is 22.5. The second-order valence-electron chi connectivity index (χ2n) is 33.3. The largest absolute Gasteiger partial charge is 0.433 e. The number of benzene rings is 2. The monoisotopic (exact) mass is 2210 g/mol. The van der Waals surface area contributed by atoms with Gasteiger partial charge < -0.3 is 35.4 Å². The number of pyridine rings is 1. The molecule has 26 nitrogen and oxygen atoms in total. The molecule has 0 spiro atoms. The molecule has 6 amide bonds. The predicted octanol–water partition coefficient (Wildman–Crippen LogP) is 24.2. The fourth-order valence-electron chi connectivity index (χ4n) is 14.8. The van der Waals surface area contributed by atoms with Gasteiger partial charge in [0.05, 0.1) is 71.7 Å². The molecular formula is C97H94ClF18N19O7S6. The topological polar surface area (TPSA) is 277 Å². The maximum absolute atomic E-state index is 12.9. The fourth-order valence-corrected chi connectivity index (χ4v) is 20.3. The van der Waals surface area contributed by atoms with Gasteiger partial charge in [0.2, 0.25) is 0 Å². The number of alkyl halides is 18. The van der Waals surface area contributed by atoms with Crippen molar-refractivity contribution in [2.75, 3.05) is 57.9 Å². The average Bonchev–Trinajstić information content (AvgIpc) is 1.67. The molecule has 1 aliphatic carbocycles. The summed E-state index contributed by atoms with van der Waals surface area (Å²) in [4.78, 5) is 88.7. The highest BCUT2D eigenvalue weighted by Gasteiger charge is 2.42. The number of carbonyl (C=O) groups excluding carboxylic acids is 6. The number of nitrogens with one attached hydrogen (secondary N) is 3. The molecule has 1 aliphatic heterocycles. The number of thiophene rings is 6. The molecule has 14 heterocycles. The van der Waals surface area contributed by atoms with Crippen molar-refractivity contribution in [2.24, 2.45) is 48.2 Å².